The van der Waals surface area contributed by atoms with E-state index in [4.69, 9.17) is 16.3 Å². The Balaban J connectivity index is 1.42. The van der Waals surface area contributed by atoms with Crippen molar-refractivity contribution in [3.05, 3.63) is 64.4 Å². The zero-order valence-corrected chi connectivity index (χ0v) is 17.9. The highest BCUT2D eigenvalue weighted by molar-refractivity contribution is 7.91. The largest absolute Gasteiger partial charge is 0.492 e. The van der Waals surface area contributed by atoms with Crippen molar-refractivity contribution < 1.29 is 22.3 Å². The molecule has 2 aliphatic rings. The molecule has 160 valence electrons. The molecule has 0 bridgehead atoms. The van der Waals surface area contributed by atoms with E-state index in [2.05, 4.69) is 0 Å². The fraction of sp³-hybridized carbons (Fsp3) is 0.409. The highest BCUT2D eigenvalue weighted by atomic mass is 35.5. The van der Waals surface area contributed by atoms with Crippen LogP contribution in [0.1, 0.15) is 53.9 Å². The van der Waals surface area contributed by atoms with Gasteiger partial charge in [-0.1, -0.05) is 54.8 Å². The van der Waals surface area contributed by atoms with Crippen LogP contribution in [0.25, 0.3) is 0 Å². The minimum atomic E-state index is -3.93. The average Bonchev–Trinajstić information content (AvgIpc) is 3.38. The minimum absolute atomic E-state index is 0.0746. The Hall–Kier alpha value is -2.12. The number of hydrogen-bond acceptors (Lipinski definition) is 4. The fourth-order valence-electron chi connectivity index (χ4n) is 4.02. The first-order valence-corrected chi connectivity index (χ1v) is 12.0. The zero-order valence-electron chi connectivity index (χ0n) is 16.3. The SMILES string of the molecule is O=C(NS(=O)(=O)[C@@H]1C[C@H]1c1ccccc1)c1cc(Cl)c(OCC2CCCC2)cc1F. The summed E-state index contributed by atoms with van der Waals surface area (Å²) in [4.78, 5) is 12.5. The number of sulfonamides is 1. The Kier molecular flexibility index (Phi) is 6.02. The molecule has 2 saturated carbocycles. The monoisotopic (exact) mass is 451 g/mol. The highest BCUT2D eigenvalue weighted by Gasteiger charge is 2.48. The molecular formula is C22H23ClFNO4S. The standard InChI is InChI=1S/C22H23ClFNO4S/c23-18-10-17(19(24)12-20(18)29-13-14-6-4-5-7-14)22(26)25-30(27,28)21-11-16(21)15-8-2-1-3-9-15/h1-3,8-10,12,14,16,21H,4-7,11,13H2,(H,25,26)/t16-,21+/m0/s1. The molecule has 0 aromatic heterocycles. The van der Waals surface area contributed by atoms with Crippen molar-refractivity contribution in [2.45, 2.75) is 43.3 Å². The smallest absolute Gasteiger partial charge is 0.267 e. The van der Waals surface area contributed by atoms with E-state index in [1.807, 2.05) is 35.1 Å². The molecule has 0 spiro atoms. The number of benzene rings is 2. The van der Waals surface area contributed by atoms with Gasteiger partial charge in [-0.3, -0.25) is 4.79 Å². The van der Waals surface area contributed by atoms with Gasteiger partial charge in [0.25, 0.3) is 5.91 Å². The Bertz CT molecular complexity index is 1040. The van der Waals surface area contributed by atoms with Crippen molar-refractivity contribution in [3.63, 3.8) is 0 Å². The number of hydrogen-bond donors (Lipinski definition) is 1. The molecule has 1 amide bonds. The lowest BCUT2D eigenvalue weighted by Crippen LogP contribution is -2.34. The lowest BCUT2D eigenvalue weighted by molar-refractivity contribution is 0.0977. The van der Waals surface area contributed by atoms with Crippen LogP contribution in [0.5, 0.6) is 5.75 Å². The van der Waals surface area contributed by atoms with Crippen molar-refractivity contribution in [1.82, 2.24) is 4.72 Å². The van der Waals surface area contributed by atoms with Crippen LogP contribution in [0.2, 0.25) is 5.02 Å². The van der Waals surface area contributed by atoms with Gasteiger partial charge >= 0.3 is 0 Å². The molecule has 5 nitrogen and oxygen atoms in total. The van der Waals surface area contributed by atoms with E-state index in [1.54, 1.807) is 0 Å². The summed E-state index contributed by atoms with van der Waals surface area (Å²) in [5.41, 5.74) is 0.479. The molecule has 0 aliphatic heterocycles. The van der Waals surface area contributed by atoms with Gasteiger partial charge in [-0.15, -0.1) is 0 Å². The molecule has 0 radical (unpaired) electrons. The third kappa shape index (κ3) is 4.62. The van der Waals surface area contributed by atoms with Crippen LogP contribution in [0.15, 0.2) is 42.5 Å². The fourth-order valence-corrected chi connectivity index (χ4v) is 5.81. The molecule has 2 atom stereocenters. The summed E-state index contributed by atoms with van der Waals surface area (Å²) in [5, 5.41) is -0.637. The lowest BCUT2D eigenvalue weighted by Gasteiger charge is -2.14. The Labute approximate surface area is 180 Å². The van der Waals surface area contributed by atoms with Crippen LogP contribution in [0.4, 0.5) is 4.39 Å². The van der Waals surface area contributed by atoms with E-state index in [0.717, 1.165) is 43.4 Å². The summed E-state index contributed by atoms with van der Waals surface area (Å²) in [6, 6.07) is 11.4. The topological polar surface area (TPSA) is 72.5 Å². The van der Waals surface area contributed by atoms with Crippen molar-refractivity contribution in [2.75, 3.05) is 6.61 Å². The molecule has 30 heavy (non-hydrogen) atoms. The van der Waals surface area contributed by atoms with Gasteiger partial charge in [0, 0.05) is 12.0 Å². The molecule has 1 N–H and O–H groups in total. The Morgan fingerprint density at radius 1 is 1.17 bits per heavy atom. The van der Waals surface area contributed by atoms with E-state index in [1.165, 1.54) is 0 Å². The minimum Gasteiger partial charge on any atom is -0.492 e. The molecule has 2 fully saturated rings. The quantitative estimate of drug-likeness (QED) is 0.664. The van der Waals surface area contributed by atoms with Crippen LogP contribution >= 0.6 is 11.6 Å². The summed E-state index contributed by atoms with van der Waals surface area (Å²) in [5.74, 6) is -1.49. The van der Waals surface area contributed by atoms with E-state index in [0.29, 0.717) is 18.9 Å². The number of ether oxygens (including phenoxy) is 1. The molecule has 8 heteroatoms. The summed E-state index contributed by atoms with van der Waals surface area (Å²) in [7, 11) is -3.93. The highest BCUT2D eigenvalue weighted by Crippen LogP contribution is 2.45. The molecule has 2 aromatic rings. The number of amides is 1. The molecule has 4 rings (SSSR count). The molecule has 0 saturated heterocycles. The van der Waals surface area contributed by atoms with E-state index in [-0.39, 0.29) is 16.7 Å². The molecule has 0 unspecified atom stereocenters. The molecule has 2 aliphatic carbocycles. The van der Waals surface area contributed by atoms with Gasteiger partial charge in [-0.25, -0.2) is 17.5 Å². The summed E-state index contributed by atoms with van der Waals surface area (Å²) < 4.78 is 47.3. The van der Waals surface area contributed by atoms with E-state index >= 15 is 0 Å². The maximum atomic E-state index is 14.5. The van der Waals surface area contributed by atoms with Gasteiger partial charge in [0.2, 0.25) is 10.0 Å². The van der Waals surface area contributed by atoms with Crippen LogP contribution in [0, 0.1) is 11.7 Å². The summed E-state index contributed by atoms with van der Waals surface area (Å²) >= 11 is 6.16. The number of halogens is 2. The van der Waals surface area contributed by atoms with Gasteiger partial charge in [-0.2, -0.15) is 0 Å². The first-order valence-electron chi connectivity index (χ1n) is 10.1. The van der Waals surface area contributed by atoms with Crippen LogP contribution in [-0.2, 0) is 10.0 Å². The van der Waals surface area contributed by atoms with E-state index < -0.39 is 32.6 Å². The first kappa shape index (κ1) is 21.1. The predicted octanol–water partition coefficient (Wildman–Crippen LogP) is 4.66. The lowest BCUT2D eigenvalue weighted by atomic mass is 10.1. The first-order chi connectivity index (χ1) is 14.3. The predicted molar refractivity (Wildman–Crippen MR) is 113 cm³/mol. The number of rotatable bonds is 7. The van der Waals surface area contributed by atoms with Crippen molar-refractivity contribution in [1.29, 1.82) is 0 Å². The average molecular weight is 452 g/mol. The Morgan fingerprint density at radius 3 is 2.57 bits per heavy atom. The number of nitrogens with one attached hydrogen (secondary N) is 1. The molecule has 0 heterocycles. The van der Waals surface area contributed by atoms with Gasteiger partial charge in [0.15, 0.2) is 0 Å². The summed E-state index contributed by atoms with van der Waals surface area (Å²) in [6.07, 6.45) is 4.89. The number of carbonyl (C=O) groups is 1. The number of carbonyl (C=O) groups excluding carboxylic acids is 1. The summed E-state index contributed by atoms with van der Waals surface area (Å²) in [6.45, 7) is 0.446. The van der Waals surface area contributed by atoms with Crippen LogP contribution < -0.4 is 9.46 Å². The van der Waals surface area contributed by atoms with Crippen LogP contribution in [0.3, 0.4) is 0 Å². The second-order valence-corrected chi connectivity index (χ2v) is 10.3. The second kappa shape index (κ2) is 8.55. The zero-order chi connectivity index (χ0) is 21.3. The molecular weight excluding hydrogens is 429 g/mol. The van der Waals surface area contributed by atoms with Gasteiger partial charge in [0.05, 0.1) is 22.4 Å². The van der Waals surface area contributed by atoms with Gasteiger partial charge in [0.1, 0.15) is 11.6 Å². The maximum Gasteiger partial charge on any atom is 0.267 e. The maximum absolute atomic E-state index is 14.5. The third-order valence-electron chi connectivity index (χ3n) is 5.81. The van der Waals surface area contributed by atoms with Gasteiger partial charge < -0.3 is 4.74 Å². The third-order valence-corrected chi connectivity index (χ3v) is 7.89. The normalized spacial score (nSPS) is 21.4. The van der Waals surface area contributed by atoms with E-state index in [9.17, 15) is 17.6 Å². The molecule has 2 aromatic carbocycles. The van der Waals surface area contributed by atoms with Crippen molar-refractivity contribution in [2.24, 2.45) is 5.92 Å². The van der Waals surface area contributed by atoms with Gasteiger partial charge in [-0.05, 0) is 36.8 Å². The van der Waals surface area contributed by atoms with Crippen molar-refractivity contribution in [3.8, 4) is 5.75 Å². The van der Waals surface area contributed by atoms with Crippen LogP contribution in [-0.4, -0.2) is 26.2 Å². The second-order valence-electron chi connectivity index (χ2n) is 7.99. The van der Waals surface area contributed by atoms with Crippen molar-refractivity contribution >= 4 is 27.5 Å². The Morgan fingerprint density at radius 2 is 1.87 bits per heavy atom.